The number of nitrogens with zero attached hydrogens (tertiary/aromatic N) is 2. The zero-order chi connectivity index (χ0) is 17.2. The van der Waals surface area contributed by atoms with Crippen LogP contribution in [0.15, 0.2) is 64.1 Å². The molecule has 3 rings (SSSR count). The Morgan fingerprint density at radius 2 is 1.79 bits per heavy atom. The first-order chi connectivity index (χ1) is 11.5. The first kappa shape index (κ1) is 15.7. The van der Waals surface area contributed by atoms with Crippen LogP contribution in [0.4, 0.5) is 5.88 Å². The summed E-state index contributed by atoms with van der Waals surface area (Å²) in [6, 6.07) is 12.4. The van der Waals surface area contributed by atoms with Gasteiger partial charge in [-0.05, 0) is 24.3 Å². The minimum atomic E-state index is -4.01. The largest absolute Gasteiger partial charge is 0.477 e. The van der Waals surface area contributed by atoms with E-state index in [0.29, 0.717) is 0 Å². The van der Waals surface area contributed by atoms with Gasteiger partial charge in [0.1, 0.15) is 5.69 Å². The van der Waals surface area contributed by atoms with E-state index >= 15 is 0 Å². The Morgan fingerprint density at radius 1 is 1.08 bits per heavy atom. The van der Waals surface area contributed by atoms with Crippen molar-refractivity contribution in [3.05, 3.63) is 60.3 Å². The normalized spacial score (nSPS) is 11.2. The maximum Gasteiger partial charge on any atom is 0.343 e. The monoisotopic (exact) mass is 345 g/mol. The van der Waals surface area contributed by atoms with Crippen molar-refractivity contribution in [3.63, 3.8) is 0 Å². The van der Waals surface area contributed by atoms with E-state index in [4.69, 9.17) is 4.52 Å². The van der Waals surface area contributed by atoms with Gasteiger partial charge in [0.15, 0.2) is 5.56 Å². The predicted molar refractivity (Wildman–Crippen MR) is 83.9 cm³/mol. The number of sulfonamides is 1. The minimum absolute atomic E-state index is 0.0304. The fourth-order valence-electron chi connectivity index (χ4n) is 2.02. The molecule has 3 aromatic rings. The highest BCUT2D eigenvalue weighted by atomic mass is 32.2. The third-order valence-electron chi connectivity index (χ3n) is 3.09. The summed E-state index contributed by atoms with van der Waals surface area (Å²) in [4.78, 5) is 15.5. The standard InChI is InChI=1S/C15H11N3O5S/c19-15(20)12-13(11-8-4-5-9-16-11)17-23-14(12)18-24(21,22)10-6-2-1-3-7-10/h1-9,18H,(H,19,20). The van der Waals surface area contributed by atoms with Gasteiger partial charge >= 0.3 is 5.97 Å². The van der Waals surface area contributed by atoms with Crippen LogP contribution in [0.25, 0.3) is 11.4 Å². The molecule has 1 aromatic carbocycles. The lowest BCUT2D eigenvalue weighted by Crippen LogP contribution is -2.14. The fraction of sp³-hybridized carbons (Fsp3) is 0. The zero-order valence-electron chi connectivity index (χ0n) is 12.1. The molecule has 2 aromatic heterocycles. The molecule has 0 spiro atoms. The molecule has 9 heteroatoms. The number of carbonyl (C=O) groups is 1. The summed E-state index contributed by atoms with van der Waals surface area (Å²) < 4.78 is 31.6. The summed E-state index contributed by atoms with van der Waals surface area (Å²) in [5, 5.41) is 13.0. The molecule has 0 bridgehead atoms. The predicted octanol–water partition coefficient (Wildman–Crippen LogP) is 2.24. The number of pyridine rings is 1. The van der Waals surface area contributed by atoms with Crippen LogP contribution in [0.3, 0.4) is 0 Å². The molecule has 0 aliphatic heterocycles. The summed E-state index contributed by atoms with van der Waals surface area (Å²) in [5.41, 5.74) is -0.217. The van der Waals surface area contributed by atoms with E-state index < -0.39 is 27.4 Å². The minimum Gasteiger partial charge on any atom is -0.477 e. The average Bonchev–Trinajstić information content (AvgIpc) is 2.99. The summed E-state index contributed by atoms with van der Waals surface area (Å²) in [6.07, 6.45) is 1.46. The van der Waals surface area contributed by atoms with Crippen LogP contribution in [0.2, 0.25) is 0 Å². The van der Waals surface area contributed by atoms with Crippen LogP contribution in [-0.4, -0.2) is 29.6 Å². The molecule has 0 aliphatic carbocycles. The highest BCUT2D eigenvalue weighted by molar-refractivity contribution is 7.92. The Bertz CT molecular complexity index is 969. The van der Waals surface area contributed by atoms with E-state index in [9.17, 15) is 18.3 Å². The van der Waals surface area contributed by atoms with Gasteiger partial charge in [0, 0.05) is 6.20 Å². The maximum atomic E-state index is 12.3. The van der Waals surface area contributed by atoms with Gasteiger partial charge < -0.3 is 9.63 Å². The number of aromatic carboxylic acids is 1. The number of nitrogens with one attached hydrogen (secondary N) is 1. The summed E-state index contributed by atoms with van der Waals surface area (Å²) in [5.74, 6) is -1.87. The van der Waals surface area contributed by atoms with Crippen molar-refractivity contribution in [3.8, 4) is 11.4 Å². The van der Waals surface area contributed by atoms with Crippen LogP contribution >= 0.6 is 0 Å². The van der Waals surface area contributed by atoms with Crippen molar-refractivity contribution < 1.29 is 22.8 Å². The van der Waals surface area contributed by atoms with Crippen molar-refractivity contribution in [2.24, 2.45) is 0 Å². The van der Waals surface area contributed by atoms with Gasteiger partial charge in [0.25, 0.3) is 15.9 Å². The maximum absolute atomic E-state index is 12.3. The van der Waals surface area contributed by atoms with Gasteiger partial charge in [0.2, 0.25) is 0 Å². The smallest absolute Gasteiger partial charge is 0.343 e. The van der Waals surface area contributed by atoms with Crippen molar-refractivity contribution in [1.82, 2.24) is 10.1 Å². The van der Waals surface area contributed by atoms with Crippen molar-refractivity contribution in [2.45, 2.75) is 4.90 Å². The fourth-order valence-corrected chi connectivity index (χ4v) is 3.03. The van der Waals surface area contributed by atoms with Gasteiger partial charge in [0.05, 0.1) is 10.6 Å². The van der Waals surface area contributed by atoms with Gasteiger partial charge in [-0.3, -0.25) is 4.98 Å². The molecule has 2 heterocycles. The summed E-state index contributed by atoms with van der Waals surface area (Å²) >= 11 is 0. The summed E-state index contributed by atoms with van der Waals surface area (Å²) in [6.45, 7) is 0. The van der Waals surface area contributed by atoms with Crippen LogP contribution in [0.5, 0.6) is 0 Å². The lowest BCUT2D eigenvalue weighted by Gasteiger charge is -2.05. The van der Waals surface area contributed by atoms with Crippen LogP contribution in [-0.2, 0) is 10.0 Å². The molecule has 0 saturated carbocycles. The lowest BCUT2D eigenvalue weighted by molar-refractivity contribution is 0.0698. The topological polar surface area (TPSA) is 122 Å². The second-order valence-electron chi connectivity index (χ2n) is 4.67. The molecule has 0 atom stereocenters. The van der Waals surface area contributed by atoms with Crippen molar-refractivity contribution in [1.29, 1.82) is 0 Å². The Kier molecular flexibility index (Phi) is 4.00. The highest BCUT2D eigenvalue weighted by Gasteiger charge is 2.28. The molecular weight excluding hydrogens is 334 g/mol. The van der Waals surface area contributed by atoms with Crippen LogP contribution in [0, 0.1) is 0 Å². The first-order valence-corrected chi connectivity index (χ1v) is 8.19. The number of anilines is 1. The molecule has 24 heavy (non-hydrogen) atoms. The molecule has 0 unspecified atom stereocenters. The molecule has 0 saturated heterocycles. The van der Waals surface area contributed by atoms with Gasteiger partial charge in [-0.25, -0.2) is 17.9 Å². The molecule has 2 N–H and O–H groups in total. The Labute approximate surface area is 136 Å². The van der Waals surface area contributed by atoms with E-state index in [1.807, 2.05) is 0 Å². The SMILES string of the molecule is O=C(O)c1c(-c2ccccn2)noc1NS(=O)(=O)c1ccccc1. The molecular formula is C15H11N3O5S. The van der Waals surface area contributed by atoms with E-state index in [1.165, 1.54) is 18.3 Å². The molecule has 0 radical (unpaired) electrons. The lowest BCUT2D eigenvalue weighted by atomic mass is 10.2. The average molecular weight is 345 g/mol. The Morgan fingerprint density at radius 3 is 2.42 bits per heavy atom. The number of hydrogen-bond acceptors (Lipinski definition) is 6. The summed E-state index contributed by atoms with van der Waals surface area (Å²) in [7, 11) is -4.01. The third-order valence-corrected chi connectivity index (χ3v) is 4.44. The van der Waals surface area contributed by atoms with E-state index in [-0.39, 0.29) is 16.3 Å². The van der Waals surface area contributed by atoms with E-state index in [2.05, 4.69) is 14.9 Å². The second-order valence-corrected chi connectivity index (χ2v) is 6.36. The number of hydrogen-bond donors (Lipinski definition) is 2. The second kappa shape index (κ2) is 6.13. The Hall–Kier alpha value is -3.20. The zero-order valence-corrected chi connectivity index (χ0v) is 12.9. The van der Waals surface area contributed by atoms with Crippen LogP contribution < -0.4 is 4.72 Å². The number of rotatable bonds is 5. The third kappa shape index (κ3) is 2.97. The number of carboxylic acids is 1. The van der Waals surface area contributed by atoms with Gasteiger partial charge in [-0.1, -0.05) is 29.4 Å². The van der Waals surface area contributed by atoms with Gasteiger partial charge in [-0.15, -0.1) is 0 Å². The van der Waals surface area contributed by atoms with Gasteiger partial charge in [-0.2, -0.15) is 0 Å². The molecule has 0 amide bonds. The van der Waals surface area contributed by atoms with Crippen LogP contribution in [0.1, 0.15) is 10.4 Å². The van der Waals surface area contributed by atoms with E-state index in [1.54, 1.807) is 36.4 Å². The highest BCUT2D eigenvalue weighted by Crippen LogP contribution is 2.29. The quantitative estimate of drug-likeness (QED) is 0.727. The number of benzene rings is 1. The molecule has 8 nitrogen and oxygen atoms in total. The molecule has 0 aliphatic rings. The number of carboxylic acid groups (broad SMARTS) is 1. The van der Waals surface area contributed by atoms with Crippen molar-refractivity contribution >= 4 is 21.9 Å². The van der Waals surface area contributed by atoms with Crippen molar-refractivity contribution in [2.75, 3.05) is 4.72 Å². The Balaban J connectivity index is 2.04. The molecule has 122 valence electrons. The number of aromatic nitrogens is 2. The molecule has 0 fully saturated rings. The van der Waals surface area contributed by atoms with E-state index in [0.717, 1.165) is 0 Å². The first-order valence-electron chi connectivity index (χ1n) is 6.71.